The normalized spacial score (nSPS) is 11.3. The van der Waals surface area contributed by atoms with Crippen molar-refractivity contribution in [2.45, 2.75) is 5.03 Å². The van der Waals surface area contributed by atoms with Crippen molar-refractivity contribution in [2.75, 3.05) is 6.26 Å². The van der Waals surface area contributed by atoms with E-state index >= 15 is 0 Å². The highest BCUT2D eigenvalue weighted by Gasteiger charge is 2.52. The summed E-state index contributed by atoms with van der Waals surface area (Å²) in [5.41, 5.74) is 0.361. The number of benzene rings is 4. The van der Waals surface area contributed by atoms with Crippen molar-refractivity contribution < 1.29 is 4.92 Å². The molecule has 8 heteroatoms. The molecule has 1 heterocycles. The molecule has 0 aliphatic carbocycles. The summed E-state index contributed by atoms with van der Waals surface area (Å²) in [6.07, 6.45) is 1.92. The van der Waals surface area contributed by atoms with Gasteiger partial charge in [-0.3, -0.25) is 14.9 Å². The van der Waals surface area contributed by atoms with Crippen LogP contribution in [-0.2, 0) is 0 Å². The number of aromatic amines is 1. The van der Waals surface area contributed by atoms with Gasteiger partial charge in [0.15, 0.2) is 7.26 Å². The minimum atomic E-state index is -2.65. The van der Waals surface area contributed by atoms with Crippen LogP contribution in [-0.4, -0.2) is 21.1 Å². The van der Waals surface area contributed by atoms with E-state index in [4.69, 9.17) is 4.98 Å². The standard InChI is InChI=1S/C29H22N3O3PS/c1-37-29-26(28(33)30-27(31-29)21-17-19-22(20-18-21)32(34)35)36(23-11-5-2-6-12-23,24-13-7-3-8-14-24)25-15-9-4-10-16-25/h2-20H,1H3/p+1. The average molecular weight is 525 g/mol. The average Bonchev–Trinajstić information content (AvgIpc) is 2.96. The lowest BCUT2D eigenvalue weighted by atomic mass is 10.2. The van der Waals surface area contributed by atoms with Gasteiger partial charge in [0.25, 0.3) is 11.2 Å². The maximum atomic E-state index is 14.1. The SMILES string of the molecule is CSc1nc(-c2ccc([N+](=O)[O-])cc2)[nH]c(=O)c1[P+](c1ccccc1)(c1ccccc1)c1ccccc1. The number of aromatic nitrogens is 2. The number of thioether (sulfide) groups is 1. The summed E-state index contributed by atoms with van der Waals surface area (Å²) in [7, 11) is -2.65. The third-order valence-electron chi connectivity index (χ3n) is 6.17. The topological polar surface area (TPSA) is 88.9 Å². The zero-order valence-electron chi connectivity index (χ0n) is 19.9. The van der Waals surface area contributed by atoms with E-state index in [1.165, 1.54) is 23.9 Å². The molecular formula is C29H23N3O3PS+. The molecular weight excluding hydrogens is 501 g/mol. The highest BCUT2D eigenvalue weighted by Crippen LogP contribution is 2.54. The molecule has 6 nitrogen and oxygen atoms in total. The molecule has 0 radical (unpaired) electrons. The smallest absolute Gasteiger partial charge is 0.296 e. The van der Waals surface area contributed by atoms with E-state index < -0.39 is 12.2 Å². The summed E-state index contributed by atoms with van der Waals surface area (Å²) in [5, 5.41) is 15.5. The molecule has 0 aliphatic heterocycles. The van der Waals surface area contributed by atoms with E-state index in [1.54, 1.807) is 12.1 Å². The van der Waals surface area contributed by atoms with Gasteiger partial charge in [0.2, 0.25) is 5.30 Å². The molecule has 0 aliphatic rings. The Morgan fingerprint density at radius 2 is 1.22 bits per heavy atom. The van der Waals surface area contributed by atoms with Gasteiger partial charge in [0.05, 0.1) is 4.92 Å². The van der Waals surface area contributed by atoms with E-state index in [2.05, 4.69) is 41.4 Å². The Morgan fingerprint density at radius 1 is 0.757 bits per heavy atom. The van der Waals surface area contributed by atoms with Gasteiger partial charge in [-0.2, -0.15) is 0 Å². The molecule has 0 saturated heterocycles. The van der Waals surface area contributed by atoms with Crippen LogP contribution >= 0.6 is 19.0 Å². The second-order valence-corrected chi connectivity index (χ2v) is 12.4. The van der Waals surface area contributed by atoms with Crippen LogP contribution < -0.4 is 26.8 Å². The van der Waals surface area contributed by atoms with Crippen LogP contribution in [0.3, 0.4) is 0 Å². The number of non-ortho nitro benzene ring substituents is 1. The summed E-state index contributed by atoms with van der Waals surface area (Å²) >= 11 is 1.43. The number of nitrogens with zero attached hydrogens (tertiary/aromatic N) is 2. The van der Waals surface area contributed by atoms with Gasteiger partial charge in [-0.05, 0) is 54.8 Å². The lowest BCUT2D eigenvalue weighted by Crippen LogP contribution is -2.46. The molecule has 5 rings (SSSR count). The van der Waals surface area contributed by atoms with E-state index in [1.807, 2.05) is 60.9 Å². The number of nitro benzene ring substituents is 1. The minimum Gasteiger partial charge on any atom is -0.303 e. The first-order valence-corrected chi connectivity index (χ1v) is 14.6. The number of H-pyrrole nitrogens is 1. The molecule has 0 bridgehead atoms. The first-order chi connectivity index (χ1) is 18.1. The summed E-state index contributed by atoms with van der Waals surface area (Å²) in [6, 6.07) is 36.5. The van der Waals surface area contributed by atoms with Crippen LogP contribution in [0.15, 0.2) is 125 Å². The molecule has 1 aromatic heterocycles. The van der Waals surface area contributed by atoms with Gasteiger partial charge in [-0.25, -0.2) is 4.98 Å². The maximum Gasteiger partial charge on any atom is 0.296 e. The minimum absolute atomic E-state index is 0.0185. The van der Waals surface area contributed by atoms with Crippen LogP contribution in [0, 0.1) is 10.1 Å². The molecule has 0 atom stereocenters. The molecule has 0 fully saturated rings. The van der Waals surface area contributed by atoms with Crippen LogP contribution in [0.4, 0.5) is 5.69 Å². The quantitative estimate of drug-likeness (QED) is 0.110. The van der Waals surface area contributed by atoms with Crippen LogP contribution in [0.1, 0.15) is 0 Å². The van der Waals surface area contributed by atoms with E-state index in [-0.39, 0.29) is 11.2 Å². The van der Waals surface area contributed by atoms with Crippen molar-refractivity contribution in [3.05, 3.63) is 136 Å². The molecule has 0 saturated carbocycles. The van der Waals surface area contributed by atoms with E-state index in [9.17, 15) is 14.9 Å². The first kappa shape index (κ1) is 24.6. The second kappa shape index (κ2) is 10.5. The van der Waals surface area contributed by atoms with Crippen LogP contribution in [0.2, 0.25) is 0 Å². The van der Waals surface area contributed by atoms with Crippen molar-refractivity contribution in [1.82, 2.24) is 9.97 Å². The van der Waals surface area contributed by atoms with Crippen molar-refractivity contribution in [3.63, 3.8) is 0 Å². The Labute approximate surface area is 218 Å². The van der Waals surface area contributed by atoms with Gasteiger partial charge >= 0.3 is 0 Å². The summed E-state index contributed by atoms with van der Waals surface area (Å²) in [6.45, 7) is 0. The highest BCUT2D eigenvalue weighted by atomic mass is 32.2. The van der Waals surface area contributed by atoms with Crippen molar-refractivity contribution in [2.24, 2.45) is 0 Å². The lowest BCUT2D eigenvalue weighted by Gasteiger charge is -2.27. The Kier molecular flexibility index (Phi) is 6.99. The fraction of sp³-hybridized carbons (Fsp3) is 0.0345. The summed E-state index contributed by atoms with van der Waals surface area (Å²) in [4.78, 5) is 32.7. The number of nitrogens with one attached hydrogen (secondary N) is 1. The van der Waals surface area contributed by atoms with Gasteiger partial charge in [0.1, 0.15) is 26.8 Å². The monoisotopic (exact) mass is 524 g/mol. The molecule has 37 heavy (non-hydrogen) atoms. The third-order valence-corrected chi connectivity index (χ3v) is 11.3. The van der Waals surface area contributed by atoms with E-state index in [0.717, 1.165) is 15.9 Å². The molecule has 182 valence electrons. The number of nitro groups is 1. The number of hydrogen-bond acceptors (Lipinski definition) is 5. The zero-order chi connectivity index (χ0) is 25.8. The summed E-state index contributed by atoms with van der Waals surface area (Å²) in [5.74, 6) is 0.375. The predicted molar refractivity (Wildman–Crippen MR) is 154 cm³/mol. The van der Waals surface area contributed by atoms with Crippen molar-refractivity contribution in [3.8, 4) is 11.4 Å². The Hall–Kier alpha value is -4.06. The Morgan fingerprint density at radius 3 is 1.62 bits per heavy atom. The zero-order valence-corrected chi connectivity index (χ0v) is 21.7. The van der Waals surface area contributed by atoms with E-state index in [0.29, 0.717) is 21.7 Å². The Bertz CT molecular complexity index is 1500. The molecule has 4 aromatic carbocycles. The number of hydrogen-bond donors (Lipinski definition) is 1. The first-order valence-electron chi connectivity index (χ1n) is 11.6. The lowest BCUT2D eigenvalue weighted by molar-refractivity contribution is -0.384. The second-order valence-electron chi connectivity index (χ2n) is 8.25. The van der Waals surface area contributed by atoms with Crippen molar-refractivity contribution >= 4 is 45.9 Å². The molecule has 0 spiro atoms. The van der Waals surface area contributed by atoms with Crippen molar-refractivity contribution in [1.29, 1.82) is 0 Å². The Balaban J connectivity index is 1.84. The van der Waals surface area contributed by atoms with Gasteiger partial charge in [0, 0.05) is 17.7 Å². The fourth-order valence-corrected chi connectivity index (χ4v) is 9.93. The fourth-order valence-electron chi connectivity index (χ4n) is 4.55. The van der Waals surface area contributed by atoms with Gasteiger partial charge < -0.3 is 4.98 Å². The molecule has 5 aromatic rings. The van der Waals surface area contributed by atoms with Gasteiger partial charge in [-0.1, -0.05) is 54.6 Å². The third kappa shape index (κ3) is 4.48. The van der Waals surface area contributed by atoms with Crippen LogP contribution in [0.5, 0.6) is 0 Å². The molecule has 1 N–H and O–H groups in total. The molecule has 0 unspecified atom stereocenters. The highest BCUT2D eigenvalue weighted by molar-refractivity contribution is 8.04. The maximum absolute atomic E-state index is 14.1. The molecule has 0 amide bonds. The largest absolute Gasteiger partial charge is 0.303 e. The number of rotatable bonds is 7. The van der Waals surface area contributed by atoms with Crippen LogP contribution in [0.25, 0.3) is 11.4 Å². The summed E-state index contributed by atoms with van der Waals surface area (Å²) < 4.78 is 0. The predicted octanol–water partition coefficient (Wildman–Crippen LogP) is 4.69. The van der Waals surface area contributed by atoms with Gasteiger partial charge in [-0.15, -0.1) is 11.8 Å².